The van der Waals surface area contributed by atoms with Gasteiger partial charge in [0.05, 0.1) is 12.6 Å². The Morgan fingerprint density at radius 3 is 2.95 bits per heavy atom. The van der Waals surface area contributed by atoms with Gasteiger partial charge in [0.2, 0.25) is 0 Å². The highest BCUT2D eigenvalue weighted by molar-refractivity contribution is 7.09. The normalized spacial score (nSPS) is 20.8. The molecule has 1 aliphatic heterocycles. The first-order valence-electron chi connectivity index (χ1n) is 7.00. The van der Waals surface area contributed by atoms with E-state index in [0.29, 0.717) is 13.1 Å². The Morgan fingerprint density at radius 2 is 2.36 bits per heavy atom. The number of thiazole rings is 1. The zero-order valence-electron chi connectivity index (χ0n) is 12.1. The number of likely N-dealkylation sites (tertiary alicyclic amines) is 1. The molecule has 2 N–H and O–H groups in total. The van der Waals surface area contributed by atoms with Crippen LogP contribution in [0.3, 0.4) is 0 Å². The van der Waals surface area contributed by atoms with Crippen LogP contribution in [0.4, 0.5) is 18.0 Å². The van der Waals surface area contributed by atoms with E-state index < -0.39 is 18.0 Å². The Kier molecular flexibility index (Phi) is 5.28. The Labute approximate surface area is 130 Å². The van der Waals surface area contributed by atoms with Gasteiger partial charge in [0.25, 0.3) is 0 Å². The van der Waals surface area contributed by atoms with Gasteiger partial charge in [-0.2, -0.15) is 13.2 Å². The van der Waals surface area contributed by atoms with Gasteiger partial charge in [-0.25, -0.2) is 9.78 Å². The standard InChI is InChI=1S/C13H18F3N3O2S/c1-8(20)9-3-2-4-19(6-9)12(21)17-5-11-18-10(7-22-11)13(14,15)16/h7-9,20H,2-6H2,1H3,(H,17,21). The van der Waals surface area contributed by atoms with Gasteiger partial charge in [-0.1, -0.05) is 0 Å². The summed E-state index contributed by atoms with van der Waals surface area (Å²) in [4.78, 5) is 17.1. The molecular weight excluding hydrogens is 319 g/mol. The summed E-state index contributed by atoms with van der Waals surface area (Å²) in [5.74, 6) is 0.0381. The summed E-state index contributed by atoms with van der Waals surface area (Å²) in [7, 11) is 0. The second kappa shape index (κ2) is 6.82. The van der Waals surface area contributed by atoms with Gasteiger partial charge < -0.3 is 15.3 Å². The minimum atomic E-state index is -4.46. The van der Waals surface area contributed by atoms with Crippen molar-refractivity contribution in [1.82, 2.24) is 15.2 Å². The molecule has 0 spiro atoms. The topological polar surface area (TPSA) is 65.5 Å². The van der Waals surface area contributed by atoms with Crippen LogP contribution in [0.2, 0.25) is 0 Å². The molecule has 1 saturated heterocycles. The third-order valence-electron chi connectivity index (χ3n) is 3.66. The fourth-order valence-electron chi connectivity index (χ4n) is 2.37. The van der Waals surface area contributed by atoms with Gasteiger partial charge in [-0.15, -0.1) is 11.3 Å². The van der Waals surface area contributed by atoms with Crippen LogP contribution in [0, 0.1) is 5.92 Å². The number of rotatable bonds is 3. The summed E-state index contributed by atoms with van der Waals surface area (Å²) in [6.45, 7) is 2.70. The summed E-state index contributed by atoms with van der Waals surface area (Å²) in [5, 5.41) is 13.3. The highest BCUT2D eigenvalue weighted by Gasteiger charge is 2.33. The van der Waals surface area contributed by atoms with Crippen LogP contribution in [-0.4, -0.2) is 40.2 Å². The zero-order valence-corrected chi connectivity index (χ0v) is 12.9. The monoisotopic (exact) mass is 337 g/mol. The predicted molar refractivity (Wildman–Crippen MR) is 75.3 cm³/mol. The van der Waals surface area contributed by atoms with Crippen LogP contribution in [0.5, 0.6) is 0 Å². The van der Waals surface area contributed by atoms with Crippen molar-refractivity contribution < 1.29 is 23.1 Å². The molecule has 22 heavy (non-hydrogen) atoms. The summed E-state index contributed by atoms with van der Waals surface area (Å²) in [6, 6.07) is -0.339. The van der Waals surface area contributed by atoms with Crippen LogP contribution in [0.15, 0.2) is 5.38 Å². The van der Waals surface area contributed by atoms with Crippen molar-refractivity contribution in [2.75, 3.05) is 13.1 Å². The lowest BCUT2D eigenvalue weighted by molar-refractivity contribution is -0.140. The molecule has 2 rings (SSSR count). The van der Waals surface area contributed by atoms with E-state index in [9.17, 15) is 23.1 Å². The molecule has 0 radical (unpaired) electrons. The minimum Gasteiger partial charge on any atom is -0.393 e. The molecule has 124 valence electrons. The summed E-state index contributed by atoms with van der Waals surface area (Å²) >= 11 is 0.866. The van der Waals surface area contributed by atoms with Crippen LogP contribution in [-0.2, 0) is 12.7 Å². The molecule has 9 heteroatoms. The maximum atomic E-state index is 12.4. The largest absolute Gasteiger partial charge is 0.434 e. The van der Waals surface area contributed by atoms with Crippen molar-refractivity contribution in [2.45, 2.75) is 38.6 Å². The number of piperidine rings is 1. The van der Waals surface area contributed by atoms with Gasteiger partial charge >= 0.3 is 12.2 Å². The number of nitrogens with zero attached hydrogens (tertiary/aromatic N) is 2. The van der Waals surface area contributed by atoms with E-state index in [-0.39, 0.29) is 23.5 Å². The molecule has 2 amide bonds. The van der Waals surface area contributed by atoms with Crippen molar-refractivity contribution >= 4 is 17.4 Å². The summed E-state index contributed by atoms with van der Waals surface area (Å²) < 4.78 is 37.3. The lowest BCUT2D eigenvalue weighted by atomic mass is 9.94. The highest BCUT2D eigenvalue weighted by Crippen LogP contribution is 2.30. The molecule has 2 unspecified atom stereocenters. The van der Waals surface area contributed by atoms with Crippen molar-refractivity contribution in [1.29, 1.82) is 0 Å². The fourth-order valence-corrected chi connectivity index (χ4v) is 3.11. The maximum Gasteiger partial charge on any atom is 0.434 e. The Hall–Kier alpha value is -1.35. The van der Waals surface area contributed by atoms with Gasteiger partial charge in [0.15, 0.2) is 5.69 Å². The Balaban J connectivity index is 1.86. The number of aliphatic hydroxyl groups excluding tert-OH is 1. The number of aromatic nitrogens is 1. The molecule has 2 heterocycles. The smallest absolute Gasteiger partial charge is 0.393 e. The molecule has 0 saturated carbocycles. The van der Waals surface area contributed by atoms with E-state index in [0.717, 1.165) is 29.6 Å². The molecule has 0 aliphatic carbocycles. The molecule has 1 aromatic rings. The van der Waals surface area contributed by atoms with Crippen molar-refractivity contribution in [3.05, 3.63) is 16.1 Å². The van der Waals surface area contributed by atoms with Gasteiger partial charge in [-0.3, -0.25) is 0 Å². The van der Waals surface area contributed by atoms with E-state index in [2.05, 4.69) is 10.3 Å². The van der Waals surface area contributed by atoms with Crippen LogP contribution < -0.4 is 5.32 Å². The number of nitrogens with one attached hydrogen (secondary N) is 1. The van der Waals surface area contributed by atoms with Crippen molar-refractivity contribution in [3.8, 4) is 0 Å². The molecule has 2 atom stereocenters. The number of urea groups is 1. The van der Waals surface area contributed by atoms with Crippen LogP contribution >= 0.6 is 11.3 Å². The molecule has 0 aromatic carbocycles. The fraction of sp³-hybridized carbons (Fsp3) is 0.692. The maximum absolute atomic E-state index is 12.4. The molecular formula is C13H18F3N3O2S. The SMILES string of the molecule is CC(O)C1CCCN(C(=O)NCc2nc(C(F)(F)F)cs2)C1. The number of alkyl halides is 3. The lowest BCUT2D eigenvalue weighted by Crippen LogP contribution is -2.47. The quantitative estimate of drug-likeness (QED) is 0.890. The minimum absolute atomic E-state index is 0.0323. The average molecular weight is 337 g/mol. The number of carbonyl (C=O) groups is 1. The van der Waals surface area contributed by atoms with Gasteiger partial charge in [0, 0.05) is 24.4 Å². The second-order valence-electron chi connectivity index (χ2n) is 5.37. The van der Waals surface area contributed by atoms with E-state index in [4.69, 9.17) is 0 Å². The van der Waals surface area contributed by atoms with Crippen LogP contribution in [0.1, 0.15) is 30.5 Å². The lowest BCUT2D eigenvalue weighted by Gasteiger charge is -2.34. The first-order valence-corrected chi connectivity index (χ1v) is 7.87. The number of hydrogen-bond acceptors (Lipinski definition) is 4. The number of aliphatic hydroxyl groups is 1. The van der Waals surface area contributed by atoms with E-state index in [1.807, 2.05) is 0 Å². The summed E-state index contributed by atoms with van der Waals surface area (Å²) in [5.41, 5.74) is -0.936. The predicted octanol–water partition coefficient (Wildman–Crippen LogP) is 2.46. The third-order valence-corrected chi connectivity index (χ3v) is 4.51. The molecule has 0 bridgehead atoms. The number of amides is 2. The second-order valence-corrected chi connectivity index (χ2v) is 6.31. The Morgan fingerprint density at radius 1 is 1.64 bits per heavy atom. The first-order chi connectivity index (χ1) is 10.3. The third kappa shape index (κ3) is 4.33. The van der Waals surface area contributed by atoms with E-state index in [1.54, 1.807) is 11.8 Å². The van der Waals surface area contributed by atoms with E-state index in [1.165, 1.54) is 0 Å². The number of hydrogen-bond donors (Lipinski definition) is 2. The average Bonchev–Trinajstić information content (AvgIpc) is 2.94. The first kappa shape index (κ1) is 17.0. The zero-order chi connectivity index (χ0) is 16.3. The molecule has 1 fully saturated rings. The number of carbonyl (C=O) groups excluding carboxylic acids is 1. The van der Waals surface area contributed by atoms with Gasteiger partial charge in [0.1, 0.15) is 5.01 Å². The van der Waals surface area contributed by atoms with Gasteiger partial charge in [-0.05, 0) is 19.8 Å². The summed E-state index contributed by atoms with van der Waals surface area (Å²) in [6.07, 6.45) is -3.28. The van der Waals surface area contributed by atoms with E-state index >= 15 is 0 Å². The molecule has 5 nitrogen and oxygen atoms in total. The van der Waals surface area contributed by atoms with Crippen molar-refractivity contribution in [3.63, 3.8) is 0 Å². The molecule has 1 aromatic heterocycles. The Bertz CT molecular complexity index is 519. The van der Waals surface area contributed by atoms with Crippen LogP contribution in [0.25, 0.3) is 0 Å². The molecule has 1 aliphatic rings. The highest BCUT2D eigenvalue weighted by atomic mass is 32.1. The number of halogens is 3. The van der Waals surface area contributed by atoms with Crippen molar-refractivity contribution in [2.24, 2.45) is 5.92 Å².